The molecule has 0 heterocycles. The predicted molar refractivity (Wildman–Crippen MR) is 70.6 cm³/mol. The van der Waals surface area contributed by atoms with Gasteiger partial charge in [0.1, 0.15) is 0 Å². The van der Waals surface area contributed by atoms with Crippen molar-refractivity contribution < 1.29 is 116 Å². The van der Waals surface area contributed by atoms with Crippen LogP contribution in [0.5, 0.6) is 0 Å². The molecule has 0 unspecified atom stereocenters. The molecule has 0 aromatic rings. The smallest absolute Gasteiger partial charge is 4.00 e. The molecule has 0 bridgehead atoms. The molecule has 0 radical (unpaired) electrons. The summed E-state index contributed by atoms with van der Waals surface area (Å²) in [6, 6.07) is 0. The van der Waals surface area contributed by atoms with Crippen molar-refractivity contribution in [2.75, 3.05) is 26.4 Å². The van der Waals surface area contributed by atoms with E-state index in [1.54, 1.807) is 0 Å². The first-order valence-electron chi connectivity index (χ1n) is 6.87. The zero-order valence-corrected chi connectivity index (χ0v) is 21.6. The van der Waals surface area contributed by atoms with Crippen LogP contribution in [0.25, 0.3) is 0 Å². The molecule has 0 aromatic carbocycles. The average molecular weight is 560 g/mol. The summed E-state index contributed by atoms with van der Waals surface area (Å²) in [6.07, 6.45) is 5.57. The van der Waals surface area contributed by atoms with Crippen LogP contribution in [-0.2, 0) is 101 Å². The maximum Gasteiger partial charge on any atom is 4.00 e. The van der Waals surface area contributed by atoms with E-state index in [1.807, 2.05) is 0 Å². The molecule has 12 nitrogen and oxygen atoms in total. The Hall–Kier alpha value is 0.697. The maximum atomic E-state index is 9.63. The summed E-state index contributed by atoms with van der Waals surface area (Å²) in [4.78, 5) is 0. The van der Waals surface area contributed by atoms with E-state index in [1.165, 1.54) is 24.3 Å². The third-order valence-electron chi connectivity index (χ3n) is 1.28. The van der Waals surface area contributed by atoms with Crippen molar-refractivity contribution in [1.29, 1.82) is 0 Å². The molecule has 0 amide bonds. The van der Waals surface area contributed by atoms with Crippen LogP contribution < -0.4 is 14.8 Å². The van der Waals surface area contributed by atoms with Gasteiger partial charge in [0, 0.05) is 0 Å². The Kier molecular flexibility index (Phi) is 49.9. The molecule has 0 aliphatic rings. The van der Waals surface area contributed by atoms with Crippen LogP contribution in [0.3, 0.4) is 0 Å². The van der Waals surface area contributed by atoms with E-state index in [4.69, 9.17) is 0 Å². The number of rotatable bonds is 12. The van der Waals surface area contributed by atoms with Crippen LogP contribution in [0.2, 0.25) is 0 Å². The van der Waals surface area contributed by atoms with Gasteiger partial charge in [-0.05, 0) is 0 Å². The average Bonchev–Trinajstić information content (AvgIpc) is 2.62. The molecule has 0 spiro atoms. The Balaban J connectivity index is -0.0000000873. The fourth-order valence-electron chi connectivity index (χ4n) is 0.508. The number of hydrogen-bond donors (Lipinski definition) is 0. The van der Waals surface area contributed by atoms with Gasteiger partial charge in [0.05, 0.1) is 0 Å². The van der Waals surface area contributed by atoms with Gasteiger partial charge in [0.25, 0.3) is 0 Å². The zero-order chi connectivity index (χ0) is 22.8. The van der Waals surface area contributed by atoms with Gasteiger partial charge in [-0.25, -0.2) is 0 Å². The summed E-state index contributed by atoms with van der Waals surface area (Å²) >= 11 is -13.9. The molecule has 0 atom stereocenters. The largest absolute Gasteiger partial charge is 4.00 e. The maximum absolute atomic E-state index is 9.63. The minimum Gasteiger partial charge on any atom is 4.00 e. The van der Waals surface area contributed by atoms with Crippen LogP contribution in [0.15, 0.2) is 50.6 Å². The van der Waals surface area contributed by atoms with Crippen LogP contribution in [0.1, 0.15) is 0 Å². The van der Waals surface area contributed by atoms with E-state index in [-0.39, 0.29) is 33.9 Å². The monoisotopic (exact) mass is 560 g/mol. The standard InChI is InChI=1S/4C3H5O.C.8O.4Ti/c4*1-2-3-4;;;;;;;;;;;;;/h4*2H,1,3H2;;;;;;;;;;;;;/q4*-1;+4;;;;;4*-1;4*+1. The van der Waals surface area contributed by atoms with Gasteiger partial charge in [-0.2, -0.15) is 0 Å². The van der Waals surface area contributed by atoms with Crippen LogP contribution in [0.4, 0.5) is 0 Å². The molecule has 0 rings (SSSR count). The second-order valence-electron chi connectivity index (χ2n) is 3.40. The molecular weight excluding hydrogens is 540 g/mol. The minimum absolute atomic E-state index is 0. The van der Waals surface area contributed by atoms with E-state index < -0.39 is 74.5 Å². The molecule has 0 N–H and O–H groups in total. The molecule has 0 aliphatic carbocycles. The van der Waals surface area contributed by atoms with Gasteiger partial charge in [-0.3, -0.25) is 0 Å². The Morgan fingerprint density at radius 1 is 0.517 bits per heavy atom. The molecule has 16 heteroatoms. The molecule has 160 valence electrons. The molecule has 0 saturated carbocycles. The van der Waals surface area contributed by atoms with E-state index >= 15 is 0 Å². The SMILES string of the molecule is C=CC[O][Ti](=[O])[O-].C=CC[O][Ti](=[O])[O-].C=CC[O][Ti](=[O])[O-].C=CC[O][Ti](=[O])[O-].[C+4]. The Morgan fingerprint density at radius 3 is 0.690 bits per heavy atom. The summed E-state index contributed by atoms with van der Waals surface area (Å²) in [7, 11) is 0. The molecule has 0 aliphatic heterocycles. The van der Waals surface area contributed by atoms with Crippen molar-refractivity contribution in [3.05, 3.63) is 58.0 Å². The van der Waals surface area contributed by atoms with Crippen molar-refractivity contribution >= 4 is 0 Å². The first kappa shape index (κ1) is 40.1. The summed E-state index contributed by atoms with van der Waals surface area (Å²) < 4.78 is 93.5. The van der Waals surface area contributed by atoms with Crippen molar-refractivity contribution in [1.82, 2.24) is 0 Å². The van der Waals surface area contributed by atoms with Crippen molar-refractivity contribution in [3.63, 3.8) is 0 Å². The molecule has 0 saturated heterocycles. The van der Waals surface area contributed by atoms with Crippen molar-refractivity contribution in [2.24, 2.45) is 0 Å². The molecule has 0 fully saturated rings. The van der Waals surface area contributed by atoms with Crippen molar-refractivity contribution in [2.45, 2.75) is 0 Å². The van der Waals surface area contributed by atoms with E-state index in [0.717, 1.165) is 0 Å². The topological polar surface area (TPSA) is 197 Å². The van der Waals surface area contributed by atoms with Gasteiger partial charge in [0.2, 0.25) is 0 Å². The van der Waals surface area contributed by atoms with Gasteiger partial charge in [0.15, 0.2) is 0 Å². The number of hydrogen-bond acceptors (Lipinski definition) is 12. The van der Waals surface area contributed by atoms with Crippen LogP contribution in [0, 0.1) is 7.43 Å². The Morgan fingerprint density at radius 2 is 0.655 bits per heavy atom. The van der Waals surface area contributed by atoms with Crippen LogP contribution in [-0.4, -0.2) is 26.4 Å². The van der Waals surface area contributed by atoms with Crippen molar-refractivity contribution in [3.8, 4) is 0 Å². The minimum atomic E-state index is -3.48. The van der Waals surface area contributed by atoms with Gasteiger partial charge in [-0.1, -0.05) is 0 Å². The first-order chi connectivity index (χ1) is 13.1. The summed E-state index contributed by atoms with van der Waals surface area (Å²) in [5, 5.41) is 0. The molecular formula is C13H20O12Ti4. The predicted octanol–water partition coefficient (Wildman–Crippen LogP) is -2.55. The van der Waals surface area contributed by atoms with E-state index in [9.17, 15) is 28.1 Å². The Bertz CT molecular complexity index is 410. The van der Waals surface area contributed by atoms with Gasteiger partial charge < -0.3 is 0 Å². The van der Waals surface area contributed by atoms with Gasteiger partial charge in [-0.15, -0.1) is 0 Å². The van der Waals surface area contributed by atoms with Gasteiger partial charge >= 0.3 is 200 Å². The third kappa shape index (κ3) is 73.4. The third-order valence-corrected chi connectivity index (χ3v) is 3.79. The van der Waals surface area contributed by atoms with E-state index in [0.29, 0.717) is 0 Å². The normalized spacial score (nSPS) is 7.86. The second kappa shape index (κ2) is 36.1. The first-order valence-corrected chi connectivity index (χ1v) is 14.5. The molecule has 0 aromatic heterocycles. The summed E-state index contributed by atoms with van der Waals surface area (Å²) in [5.74, 6) is 0. The second-order valence-corrected chi connectivity index (χ2v) is 8.32. The quantitative estimate of drug-likeness (QED) is 0.179. The summed E-state index contributed by atoms with van der Waals surface area (Å²) in [6.45, 7) is 13.5. The fourth-order valence-corrected chi connectivity index (χ4v) is 2.09. The fraction of sp³-hybridized carbons (Fsp3) is 0.308. The molecule has 29 heavy (non-hydrogen) atoms. The Labute approximate surface area is 198 Å². The van der Waals surface area contributed by atoms with Crippen LogP contribution >= 0.6 is 0 Å². The summed E-state index contributed by atoms with van der Waals surface area (Å²) in [5.41, 5.74) is 0. The van der Waals surface area contributed by atoms with E-state index in [2.05, 4.69) is 39.6 Å². The zero-order valence-electron chi connectivity index (χ0n) is 15.4.